The summed E-state index contributed by atoms with van der Waals surface area (Å²) >= 11 is 18.7. The number of fused-ring (bicyclic) bond motifs is 1. The summed E-state index contributed by atoms with van der Waals surface area (Å²) in [6.07, 6.45) is 6.83. The average molecular weight is 602 g/mol. The van der Waals surface area contributed by atoms with Crippen LogP contribution in [0.4, 0.5) is 0 Å². The molecule has 4 nitrogen and oxygen atoms in total. The van der Waals surface area contributed by atoms with Crippen molar-refractivity contribution in [2.75, 3.05) is 6.61 Å². The van der Waals surface area contributed by atoms with Crippen molar-refractivity contribution >= 4 is 45.6 Å². The lowest BCUT2D eigenvalue weighted by Crippen LogP contribution is -3.00. The molecule has 0 aliphatic heterocycles. The highest BCUT2D eigenvalue weighted by molar-refractivity contribution is 6.35. The van der Waals surface area contributed by atoms with E-state index < -0.39 is 0 Å². The Morgan fingerprint density at radius 3 is 2.38 bits per heavy atom. The minimum Gasteiger partial charge on any atom is -1.00 e. The van der Waals surface area contributed by atoms with Crippen molar-refractivity contribution in [2.45, 2.75) is 32.2 Å². The van der Waals surface area contributed by atoms with Gasteiger partial charge < -0.3 is 21.9 Å². The second-order valence-electron chi connectivity index (χ2n) is 9.15. The Morgan fingerprint density at radius 2 is 1.59 bits per heavy atom. The first-order valence-corrected chi connectivity index (χ1v) is 13.6. The molecule has 4 aromatic carbocycles. The molecule has 0 spiro atoms. The number of halogens is 4. The quantitative estimate of drug-likeness (QED) is 0.151. The number of imidazole rings is 1. The van der Waals surface area contributed by atoms with E-state index in [-0.39, 0.29) is 18.5 Å². The van der Waals surface area contributed by atoms with Crippen molar-refractivity contribution in [2.24, 2.45) is 0 Å². The van der Waals surface area contributed by atoms with Crippen LogP contribution in [0.1, 0.15) is 23.7 Å². The maximum absolute atomic E-state index is 6.56. The van der Waals surface area contributed by atoms with E-state index in [9.17, 15) is 0 Å². The molecule has 0 N–H and O–H groups in total. The van der Waals surface area contributed by atoms with Gasteiger partial charge in [-0.15, -0.1) is 0 Å². The van der Waals surface area contributed by atoms with Gasteiger partial charge in [-0.2, -0.15) is 0 Å². The van der Waals surface area contributed by atoms with E-state index in [1.54, 1.807) is 6.07 Å². The zero-order chi connectivity index (χ0) is 26.3. The zero-order valence-electron chi connectivity index (χ0n) is 21.2. The number of hydrogen-bond donors (Lipinski definition) is 0. The van der Waals surface area contributed by atoms with Crippen LogP contribution in [-0.4, -0.2) is 11.2 Å². The molecule has 5 rings (SSSR count). The fourth-order valence-corrected chi connectivity index (χ4v) is 5.00. The van der Waals surface area contributed by atoms with E-state index in [0.717, 1.165) is 29.8 Å². The van der Waals surface area contributed by atoms with Crippen molar-refractivity contribution in [3.8, 4) is 5.75 Å². The smallest absolute Gasteiger partial charge is 0.243 e. The Balaban J connectivity index is 0.00000353. The molecule has 1 aromatic heterocycles. The highest BCUT2D eigenvalue weighted by atomic mass is 35.5. The molecule has 1 atom stereocenters. The van der Waals surface area contributed by atoms with Crippen LogP contribution in [-0.2, 0) is 24.4 Å². The molecule has 0 radical (unpaired) electrons. The Labute approximate surface area is 250 Å². The molecule has 0 fully saturated rings. The molecule has 8 heteroatoms. The van der Waals surface area contributed by atoms with Gasteiger partial charge in [0.2, 0.25) is 6.33 Å². The first kappa shape index (κ1) is 29.3. The number of ether oxygens (including phenoxy) is 2. The van der Waals surface area contributed by atoms with Crippen LogP contribution in [0, 0.1) is 0 Å². The van der Waals surface area contributed by atoms with Crippen molar-refractivity contribution in [1.82, 2.24) is 4.57 Å². The lowest BCUT2D eigenvalue weighted by molar-refractivity contribution is -0.704. The topological polar surface area (TPSA) is 27.3 Å². The first-order valence-electron chi connectivity index (χ1n) is 12.5. The van der Waals surface area contributed by atoms with Crippen molar-refractivity contribution in [3.63, 3.8) is 0 Å². The second-order valence-corrected chi connectivity index (χ2v) is 10.4. The SMILES string of the molecule is Clc1ccc(COC(C[n+]2ccn(CCCOc3ccc4ccccc4c3)c2)c2ccc(Cl)cc2Cl)cc1.[Cl-]. The predicted octanol–water partition coefficient (Wildman–Crippen LogP) is 5.32. The van der Waals surface area contributed by atoms with Gasteiger partial charge in [0.05, 0.1) is 19.8 Å². The normalized spacial score (nSPS) is 11.8. The highest BCUT2D eigenvalue weighted by Gasteiger charge is 2.20. The van der Waals surface area contributed by atoms with Gasteiger partial charge in [-0.25, -0.2) is 9.13 Å². The summed E-state index contributed by atoms with van der Waals surface area (Å²) in [4.78, 5) is 0. The van der Waals surface area contributed by atoms with Crippen LogP contribution >= 0.6 is 34.8 Å². The Hall–Kier alpha value is -2.73. The third-order valence-electron chi connectivity index (χ3n) is 6.35. The Bertz CT molecular complexity index is 1500. The molecular weight excluding hydrogens is 574 g/mol. The van der Waals surface area contributed by atoms with Crippen molar-refractivity contribution in [3.05, 3.63) is 130 Å². The van der Waals surface area contributed by atoms with E-state index in [0.29, 0.717) is 34.8 Å². The molecule has 0 aliphatic carbocycles. The molecular formula is C31H28Cl4N2O2. The first-order chi connectivity index (χ1) is 18.5. The standard InChI is InChI=1S/C31H28Cl3N2O2.ClH/c32-26-9-6-23(7-10-26)21-38-31(29-13-11-27(33)19-30(29)34)20-36-16-15-35(22-36)14-3-17-37-28-12-8-24-4-1-2-5-25(24)18-28;/h1-2,4-13,15-16,18-19,22,31H,3,14,17,20-21H2;1H/q+1;/p-1. The fraction of sp³-hybridized carbons (Fsp3) is 0.194. The van der Waals surface area contributed by atoms with Gasteiger partial charge in [-0.05, 0) is 52.7 Å². The van der Waals surface area contributed by atoms with Gasteiger partial charge in [-0.3, -0.25) is 0 Å². The van der Waals surface area contributed by atoms with Crippen LogP contribution in [0.25, 0.3) is 10.8 Å². The number of nitrogens with zero attached hydrogens (tertiary/aromatic N) is 2. The van der Waals surface area contributed by atoms with Gasteiger partial charge in [0.15, 0.2) is 0 Å². The van der Waals surface area contributed by atoms with Crippen molar-refractivity contribution < 1.29 is 26.4 Å². The molecule has 0 amide bonds. The van der Waals surface area contributed by atoms with Gasteiger partial charge in [0, 0.05) is 27.1 Å². The maximum atomic E-state index is 6.56. The maximum Gasteiger partial charge on any atom is 0.243 e. The van der Waals surface area contributed by atoms with Crippen LogP contribution in [0.5, 0.6) is 5.75 Å². The fourth-order valence-electron chi connectivity index (χ4n) is 4.35. The van der Waals surface area contributed by atoms with Gasteiger partial charge in [-0.1, -0.05) is 83.3 Å². The molecule has 0 aliphatic rings. The third-order valence-corrected chi connectivity index (χ3v) is 7.16. The van der Waals surface area contributed by atoms with Gasteiger partial charge in [0.25, 0.3) is 0 Å². The lowest BCUT2D eigenvalue weighted by Gasteiger charge is -2.18. The Kier molecular flexibility index (Phi) is 10.6. The van der Waals surface area contributed by atoms with E-state index in [1.165, 1.54) is 10.8 Å². The minimum atomic E-state index is -0.257. The van der Waals surface area contributed by atoms with Gasteiger partial charge >= 0.3 is 0 Å². The molecule has 5 aromatic rings. The second kappa shape index (κ2) is 14.1. The summed E-state index contributed by atoms with van der Waals surface area (Å²) in [6, 6.07) is 27.7. The number of aromatic nitrogens is 2. The summed E-state index contributed by atoms with van der Waals surface area (Å²) in [5, 5.41) is 4.28. The van der Waals surface area contributed by atoms with Crippen LogP contribution in [0.15, 0.2) is 104 Å². The van der Waals surface area contributed by atoms with E-state index in [1.807, 2.05) is 60.8 Å². The monoisotopic (exact) mass is 600 g/mol. The summed E-state index contributed by atoms with van der Waals surface area (Å²) in [5.74, 6) is 0.895. The summed E-state index contributed by atoms with van der Waals surface area (Å²) < 4.78 is 16.6. The van der Waals surface area contributed by atoms with Crippen LogP contribution in [0.2, 0.25) is 15.1 Å². The highest BCUT2D eigenvalue weighted by Crippen LogP contribution is 2.30. The molecule has 1 heterocycles. The lowest BCUT2D eigenvalue weighted by atomic mass is 10.1. The van der Waals surface area contributed by atoms with Crippen molar-refractivity contribution in [1.29, 1.82) is 0 Å². The number of rotatable bonds is 11. The Morgan fingerprint density at radius 1 is 0.821 bits per heavy atom. The number of benzene rings is 4. The molecule has 1 unspecified atom stereocenters. The van der Waals surface area contributed by atoms with E-state index >= 15 is 0 Å². The van der Waals surface area contributed by atoms with Crippen LogP contribution in [0.3, 0.4) is 0 Å². The molecule has 0 saturated heterocycles. The van der Waals surface area contributed by atoms with Gasteiger partial charge in [0.1, 0.15) is 30.8 Å². The third kappa shape index (κ3) is 8.14. The average Bonchev–Trinajstić information content (AvgIpc) is 3.37. The van der Waals surface area contributed by atoms with Crippen LogP contribution < -0.4 is 21.7 Å². The molecule has 202 valence electrons. The summed E-state index contributed by atoms with van der Waals surface area (Å²) in [7, 11) is 0. The predicted molar refractivity (Wildman–Crippen MR) is 154 cm³/mol. The summed E-state index contributed by atoms with van der Waals surface area (Å²) in [5.41, 5.74) is 1.94. The molecule has 0 bridgehead atoms. The van der Waals surface area contributed by atoms with E-state index in [2.05, 4.69) is 45.9 Å². The number of hydrogen-bond acceptors (Lipinski definition) is 2. The molecule has 0 saturated carbocycles. The largest absolute Gasteiger partial charge is 1.00 e. The molecule has 39 heavy (non-hydrogen) atoms. The zero-order valence-corrected chi connectivity index (χ0v) is 24.2. The number of aryl methyl sites for hydroxylation is 1. The van der Waals surface area contributed by atoms with E-state index in [4.69, 9.17) is 44.3 Å². The minimum absolute atomic E-state index is 0. The summed E-state index contributed by atoms with van der Waals surface area (Å²) in [6.45, 7) is 2.53.